The molecule has 0 saturated carbocycles. The van der Waals surface area contributed by atoms with Gasteiger partial charge in [-0.2, -0.15) is 0 Å². The van der Waals surface area contributed by atoms with E-state index in [1.807, 2.05) is 26.0 Å². The molecule has 0 atom stereocenters. The van der Waals surface area contributed by atoms with Crippen LogP contribution in [-0.4, -0.2) is 22.2 Å². The predicted octanol–water partition coefficient (Wildman–Crippen LogP) is 5.54. The van der Waals surface area contributed by atoms with Crippen molar-refractivity contribution in [1.29, 1.82) is 0 Å². The largest absolute Gasteiger partial charge is 0.478 e. The van der Waals surface area contributed by atoms with Gasteiger partial charge in [-0.1, -0.05) is 62.4 Å². The highest BCUT2D eigenvalue weighted by molar-refractivity contribution is 6.03. The van der Waals surface area contributed by atoms with Crippen molar-refractivity contribution in [3.8, 4) is 22.3 Å². The van der Waals surface area contributed by atoms with Gasteiger partial charge in [-0.05, 0) is 58.4 Å². The minimum absolute atomic E-state index is 0.201. The second-order valence-corrected chi connectivity index (χ2v) is 6.59. The van der Waals surface area contributed by atoms with Crippen molar-refractivity contribution in [1.82, 2.24) is 0 Å². The van der Waals surface area contributed by atoms with Gasteiger partial charge in [0.1, 0.15) is 0 Å². The first-order chi connectivity index (χ1) is 13.5. The minimum atomic E-state index is -1.01. The fourth-order valence-corrected chi connectivity index (χ4v) is 3.57. The third-order valence-corrected chi connectivity index (χ3v) is 4.94. The van der Waals surface area contributed by atoms with Crippen LogP contribution in [0.25, 0.3) is 22.3 Å². The first-order valence-electron chi connectivity index (χ1n) is 9.29. The summed E-state index contributed by atoms with van der Waals surface area (Å²) in [5.74, 6) is -2.01. The van der Waals surface area contributed by atoms with Gasteiger partial charge in [-0.25, -0.2) is 9.59 Å². The molecule has 0 aliphatic carbocycles. The van der Waals surface area contributed by atoms with E-state index in [1.54, 1.807) is 42.5 Å². The van der Waals surface area contributed by atoms with Crippen LogP contribution < -0.4 is 0 Å². The molecule has 0 radical (unpaired) electrons. The molecule has 0 unspecified atom stereocenters. The van der Waals surface area contributed by atoms with E-state index >= 15 is 0 Å². The predicted molar refractivity (Wildman–Crippen MR) is 110 cm³/mol. The maximum absolute atomic E-state index is 11.8. The minimum Gasteiger partial charge on any atom is -0.478 e. The molecule has 3 rings (SSSR count). The summed E-state index contributed by atoms with van der Waals surface area (Å²) in [5, 5.41) is 19.4. The van der Waals surface area contributed by atoms with E-state index in [0.29, 0.717) is 17.5 Å². The van der Waals surface area contributed by atoms with E-state index in [9.17, 15) is 19.8 Å². The molecule has 0 fully saturated rings. The van der Waals surface area contributed by atoms with Gasteiger partial charge in [0.05, 0.1) is 11.1 Å². The number of hydrogen-bond donors (Lipinski definition) is 2. The number of aromatic carboxylic acids is 2. The summed E-state index contributed by atoms with van der Waals surface area (Å²) in [6.07, 6.45) is 1.51. The Morgan fingerprint density at radius 1 is 0.714 bits per heavy atom. The van der Waals surface area contributed by atoms with Crippen molar-refractivity contribution in [2.45, 2.75) is 26.7 Å². The normalized spacial score (nSPS) is 10.6. The molecule has 0 aliphatic heterocycles. The maximum atomic E-state index is 11.8. The Bertz CT molecular complexity index is 1050. The molecule has 0 heterocycles. The second kappa shape index (κ2) is 8.09. The zero-order valence-electron chi connectivity index (χ0n) is 15.9. The molecule has 3 aromatic rings. The van der Waals surface area contributed by atoms with Gasteiger partial charge in [-0.3, -0.25) is 0 Å². The average molecular weight is 374 g/mol. The molecule has 0 saturated heterocycles. The van der Waals surface area contributed by atoms with Crippen molar-refractivity contribution < 1.29 is 19.8 Å². The SMILES string of the molecule is CCc1cc(CC)c(-c2ccccc2C(=O)O)c(-c2ccccc2C(=O)O)c1. The summed E-state index contributed by atoms with van der Waals surface area (Å²) in [5.41, 5.74) is 5.23. The lowest BCUT2D eigenvalue weighted by molar-refractivity contribution is 0.0686. The van der Waals surface area contributed by atoms with Gasteiger partial charge in [0.15, 0.2) is 0 Å². The molecule has 3 aromatic carbocycles. The highest BCUT2D eigenvalue weighted by atomic mass is 16.4. The third-order valence-electron chi connectivity index (χ3n) is 4.94. The topological polar surface area (TPSA) is 74.6 Å². The number of carboxylic acid groups (broad SMARTS) is 2. The molecular weight excluding hydrogens is 352 g/mol. The van der Waals surface area contributed by atoms with Crippen molar-refractivity contribution in [3.63, 3.8) is 0 Å². The number of aryl methyl sites for hydroxylation is 2. The van der Waals surface area contributed by atoms with Gasteiger partial charge >= 0.3 is 11.9 Å². The van der Waals surface area contributed by atoms with Crippen molar-refractivity contribution in [3.05, 3.63) is 82.9 Å². The molecule has 0 bridgehead atoms. The summed E-state index contributed by atoms with van der Waals surface area (Å²) in [6.45, 7) is 4.07. The number of rotatable bonds is 6. The fourth-order valence-electron chi connectivity index (χ4n) is 3.57. The lowest BCUT2D eigenvalue weighted by Gasteiger charge is -2.19. The molecule has 4 nitrogen and oxygen atoms in total. The van der Waals surface area contributed by atoms with Crippen LogP contribution in [0.2, 0.25) is 0 Å². The van der Waals surface area contributed by atoms with Gasteiger partial charge in [-0.15, -0.1) is 0 Å². The number of hydrogen-bond acceptors (Lipinski definition) is 2. The molecule has 0 spiro atoms. The first-order valence-corrected chi connectivity index (χ1v) is 9.29. The standard InChI is InChI=1S/C24H22O4/c1-3-15-13-16(4-2)22(18-10-6-8-12-20(18)24(27)28)21(14-15)17-9-5-7-11-19(17)23(25)26/h5-14H,3-4H2,1-2H3,(H,25,26)(H,27,28). The van der Waals surface area contributed by atoms with Crippen LogP contribution in [0.5, 0.6) is 0 Å². The summed E-state index contributed by atoms with van der Waals surface area (Å²) >= 11 is 0. The van der Waals surface area contributed by atoms with Crippen molar-refractivity contribution in [2.24, 2.45) is 0 Å². The highest BCUT2D eigenvalue weighted by Gasteiger charge is 2.21. The van der Waals surface area contributed by atoms with Gasteiger partial charge in [0.25, 0.3) is 0 Å². The number of benzene rings is 3. The van der Waals surface area contributed by atoms with Crippen LogP contribution in [0.4, 0.5) is 0 Å². The lowest BCUT2D eigenvalue weighted by Crippen LogP contribution is -2.05. The van der Waals surface area contributed by atoms with Gasteiger partial charge in [0, 0.05) is 0 Å². The zero-order valence-corrected chi connectivity index (χ0v) is 15.9. The number of carbonyl (C=O) groups is 2. The molecular formula is C24H22O4. The van der Waals surface area contributed by atoms with Crippen LogP contribution >= 0.6 is 0 Å². The van der Waals surface area contributed by atoms with E-state index in [2.05, 4.69) is 6.07 Å². The third kappa shape index (κ3) is 3.54. The van der Waals surface area contributed by atoms with E-state index < -0.39 is 11.9 Å². The maximum Gasteiger partial charge on any atom is 0.336 e. The van der Waals surface area contributed by atoms with Crippen molar-refractivity contribution in [2.75, 3.05) is 0 Å². The quantitative estimate of drug-likeness (QED) is 0.594. The van der Waals surface area contributed by atoms with Gasteiger partial charge in [0.2, 0.25) is 0 Å². The summed E-state index contributed by atoms with van der Waals surface area (Å²) in [4.78, 5) is 23.7. The Hall–Kier alpha value is -3.40. The summed E-state index contributed by atoms with van der Waals surface area (Å²) in [6, 6.07) is 17.8. The summed E-state index contributed by atoms with van der Waals surface area (Å²) in [7, 11) is 0. The Kier molecular flexibility index (Phi) is 5.59. The van der Waals surface area contributed by atoms with Gasteiger partial charge < -0.3 is 10.2 Å². The van der Waals surface area contributed by atoms with E-state index in [-0.39, 0.29) is 11.1 Å². The molecule has 0 aromatic heterocycles. The average Bonchev–Trinajstić information content (AvgIpc) is 2.72. The molecule has 0 aliphatic rings. The fraction of sp³-hybridized carbons (Fsp3) is 0.167. The second-order valence-electron chi connectivity index (χ2n) is 6.59. The smallest absolute Gasteiger partial charge is 0.336 e. The Morgan fingerprint density at radius 3 is 1.79 bits per heavy atom. The van der Waals surface area contributed by atoms with E-state index in [4.69, 9.17) is 0 Å². The molecule has 28 heavy (non-hydrogen) atoms. The van der Waals surface area contributed by atoms with E-state index in [0.717, 1.165) is 28.7 Å². The number of carboxylic acids is 2. The van der Waals surface area contributed by atoms with Crippen LogP contribution in [0, 0.1) is 0 Å². The molecule has 0 amide bonds. The molecule has 4 heteroatoms. The monoisotopic (exact) mass is 374 g/mol. The highest BCUT2D eigenvalue weighted by Crippen LogP contribution is 2.39. The Morgan fingerprint density at radius 2 is 1.25 bits per heavy atom. The Balaban J connectivity index is 2.45. The van der Waals surface area contributed by atoms with Crippen molar-refractivity contribution >= 4 is 11.9 Å². The van der Waals surface area contributed by atoms with Crippen LogP contribution in [0.1, 0.15) is 45.7 Å². The lowest BCUT2D eigenvalue weighted by atomic mass is 9.84. The van der Waals surface area contributed by atoms with Crippen LogP contribution in [-0.2, 0) is 12.8 Å². The summed E-state index contributed by atoms with van der Waals surface area (Å²) < 4.78 is 0. The Labute approximate surface area is 164 Å². The van der Waals surface area contributed by atoms with Crippen LogP contribution in [0.15, 0.2) is 60.7 Å². The van der Waals surface area contributed by atoms with Crippen LogP contribution in [0.3, 0.4) is 0 Å². The first kappa shape index (κ1) is 19.4. The zero-order chi connectivity index (χ0) is 20.3. The molecule has 142 valence electrons. The molecule has 2 N–H and O–H groups in total. The van der Waals surface area contributed by atoms with E-state index in [1.165, 1.54) is 0 Å².